The maximum absolute atomic E-state index is 13.4. The zero-order chi connectivity index (χ0) is 19.8. The second-order valence-electron chi connectivity index (χ2n) is 7.15. The molecule has 5 nitrogen and oxygen atoms in total. The van der Waals surface area contributed by atoms with Gasteiger partial charge in [-0.15, -0.1) is 0 Å². The first-order valence-corrected chi connectivity index (χ1v) is 9.59. The zero-order valence-electron chi connectivity index (χ0n) is 16.0. The fraction of sp³-hybridized carbons (Fsp3) is 0.167. The van der Waals surface area contributed by atoms with Crippen LogP contribution in [-0.4, -0.2) is 25.3 Å². The second-order valence-corrected chi connectivity index (χ2v) is 7.15. The summed E-state index contributed by atoms with van der Waals surface area (Å²) in [5.41, 5.74) is 4.29. The molecule has 5 heteroatoms. The minimum Gasteiger partial charge on any atom is -0.493 e. The topological polar surface area (TPSA) is 51.1 Å². The fourth-order valence-corrected chi connectivity index (χ4v) is 3.92. The molecule has 0 fully saturated rings. The van der Waals surface area contributed by atoms with Crippen LogP contribution in [0.25, 0.3) is 0 Å². The SMILES string of the molecule is COc1cc2c(cc1OCc1ccccc1)N=C[C@@H]1Cc3ccccc3N1C2=O. The number of carbonyl (C=O) groups is 1. The Morgan fingerprint density at radius 1 is 1.03 bits per heavy atom. The number of hydrogen-bond acceptors (Lipinski definition) is 4. The van der Waals surface area contributed by atoms with E-state index in [1.807, 2.05) is 59.6 Å². The van der Waals surface area contributed by atoms with Gasteiger partial charge in [0.2, 0.25) is 0 Å². The molecule has 2 heterocycles. The molecule has 1 amide bonds. The summed E-state index contributed by atoms with van der Waals surface area (Å²) in [5.74, 6) is 1.03. The summed E-state index contributed by atoms with van der Waals surface area (Å²) in [6, 6.07) is 21.4. The monoisotopic (exact) mass is 384 g/mol. The molecule has 3 aromatic carbocycles. The van der Waals surface area contributed by atoms with Crippen LogP contribution in [0.2, 0.25) is 0 Å². The van der Waals surface area contributed by atoms with Crippen molar-refractivity contribution < 1.29 is 14.3 Å². The van der Waals surface area contributed by atoms with Crippen molar-refractivity contribution in [1.82, 2.24) is 0 Å². The van der Waals surface area contributed by atoms with Gasteiger partial charge >= 0.3 is 0 Å². The van der Waals surface area contributed by atoms with Crippen LogP contribution in [0.3, 0.4) is 0 Å². The van der Waals surface area contributed by atoms with E-state index in [9.17, 15) is 4.79 Å². The number of aliphatic imine (C=N–C) groups is 1. The summed E-state index contributed by atoms with van der Waals surface area (Å²) in [4.78, 5) is 19.8. The quantitative estimate of drug-likeness (QED) is 0.663. The highest BCUT2D eigenvalue weighted by molar-refractivity contribution is 6.14. The van der Waals surface area contributed by atoms with Crippen LogP contribution in [0.1, 0.15) is 21.5 Å². The van der Waals surface area contributed by atoms with Gasteiger partial charge in [-0.1, -0.05) is 48.5 Å². The van der Waals surface area contributed by atoms with E-state index < -0.39 is 0 Å². The molecule has 29 heavy (non-hydrogen) atoms. The summed E-state index contributed by atoms with van der Waals surface area (Å²) in [6.45, 7) is 0.412. The summed E-state index contributed by atoms with van der Waals surface area (Å²) in [6.07, 6.45) is 2.63. The lowest BCUT2D eigenvalue weighted by Crippen LogP contribution is -2.37. The number of ether oxygens (including phenoxy) is 2. The Morgan fingerprint density at radius 2 is 1.83 bits per heavy atom. The number of nitrogens with zero attached hydrogens (tertiary/aromatic N) is 2. The molecule has 1 atom stereocenters. The van der Waals surface area contributed by atoms with Crippen LogP contribution in [0.15, 0.2) is 71.7 Å². The number of anilines is 1. The molecule has 3 aromatic rings. The van der Waals surface area contributed by atoms with Gasteiger partial charge in [0, 0.05) is 24.4 Å². The van der Waals surface area contributed by atoms with Gasteiger partial charge in [0.15, 0.2) is 11.5 Å². The van der Waals surface area contributed by atoms with Gasteiger partial charge in [0.05, 0.1) is 24.4 Å². The largest absolute Gasteiger partial charge is 0.493 e. The van der Waals surface area contributed by atoms with E-state index in [1.54, 1.807) is 19.2 Å². The van der Waals surface area contributed by atoms with Crippen LogP contribution < -0.4 is 14.4 Å². The first-order chi connectivity index (χ1) is 14.2. The van der Waals surface area contributed by atoms with Crippen molar-refractivity contribution in [3.8, 4) is 11.5 Å². The molecular formula is C24H20N2O3. The third-order valence-electron chi connectivity index (χ3n) is 5.37. The Morgan fingerprint density at radius 3 is 2.66 bits per heavy atom. The number of fused-ring (bicyclic) bond motifs is 4. The molecule has 0 aromatic heterocycles. The van der Waals surface area contributed by atoms with Crippen LogP contribution in [0.4, 0.5) is 11.4 Å². The van der Waals surface area contributed by atoms with Gasteiger partial charge < -0.3 is 9.47 Å². The first kappa shape index (κ1) is 17.5. The average molecular weight is 384 g/mol. The Labute approximate surface area is 169 Å². The van der Waals surface area contributed by atoms with E-state index in [2.05, 4.69) is 11.1 Å². The van der Waals surface area contributed by atoms with E-state index in [-0.39, 0.29) is 11.9 Å². The minimum atomic E-state index is -0.0769. The predicted octanol–water partition coefficient (Wildman–Crippen LogP) is 4.56. The van der Waals surface area contributed by atoms with Crippen LogP contribution >= 0.6 is 0 Å². The molecule has 0 unspecified atom stereocenters. The van der Waals surface area contributed by atoms with Crippen molar-refractivity contribution >= 4 is 23.5 Å². The lowest BCUT2D eigenvalue weighted by atomic mass is 10.1. The Hall–Kier alpha value is -3.60. The van der Waals surface area contributed by atoms with Crippen molar-refractivity contribution in [2.24, 2.45) is 4.99 Å². The van der Waals surface area contributed by atoms with E-state index in [4.69, 9.17) is 9.47 Å². The van der Waals surface area contributed by atoms with Crippen LogP contribution in [0.5, 0.6) is 11.5 Å². The van der Waals surface area contributed by atoms with Gasteiger partial charge in [-0.3, -0.25) is 14.7 Å². The lowest BCUT2D eigenvalue weighted by Gasteiger charge is -2.22. The van der Waals surface area contributed by atoms with Crippen LogP contribution in [0, 0.1) is 0 Å². The lowest BCUT2D eigenvalue weighted by molar-refractivity contribution is 0.0986. The Balaban J connectivity index is 1.50. The molecule has 5 rings (SSSR count). The molecule has 0 radical (unpaired) electrons. The highest BCUT2D eigenvalue weighted by atomic mass is 16.5. The molecule has 0 spiro atoms. The van der Waals surface area contributed by atoms with Crippen molar-refractivity contribution in [3.05, 3.63) is 83.4 Å². The zero-order valence-corrected chi connectivity index (χ0v) is 16.0. The molecular weight excluding hydrogens is 364 g/mol. The molecule has 0 saturated heterocycles. The highest BCUT2D eigenvalue weighted by Crippen LogP contribution is 2.40. The minimum absolute atomic E-state index is 0.0691. The Bertz CT molecular complexity index is 1110. The molecule has 0 aliphatic carbocycles. The van der Waals surface area contributed by atoms with Gasteiger partial charge in [0.1, 0.15) is 6.61 Å². The van der Waals surface area contributed by atoms with E-state index in [0.717, 1.165) is 23.2 Å². The van der Waals surface area contributed by atoms with E-state index >= 15 is 0 Å². The molecule has 2 aliphatic rings. The fourth-order valence-electron chi connectivity index (χ4n) is 3.92. The van der Waals surface area contributed by atoms with Gasteiger partial charge in [-0.25, -0.2) is 0 Å². The maximum atomic E-state index is 13.4. The third-order valence-corrected chi connectivity index (χ3v) is 5.37. The summed E-state index contributed by atoms with van der Waals surface area (Å²) in [5, 5.41) is 0. The summed E-state index contributed by atoms with van der Waals surface area (Å²) in [7, 11) is 1.58. The van der Waals surface area contributed by atoms with Gasteiger partial charge in [0.25, 0.3) is 5.91 Å². The second kappa shape index (κ2) is 7.09. The van der Waals surface area contributed by atoms with Crippen molar-refractivity contribution in [3.63, 3.8) is 0 Å². The van der Waals surface area contributed by atoms with Gasteiger partial charge in [-0.2, -0.15) is 0 Å². The van der Waals surface area contributed by atoms with Gasteiger partial charge in [-0.05, 0) is 23.3 Å². The third kappa shape index (κ3) is 3.05. The van der Waals surface area contributed by atoms with E-state index in [0.29, 0.717) is 29.4 Å². The standard InChI is InChI=1S/C24H20N2O3/c1-28-22-12-19-20(13-23(22)29-15-16-7-3-2-4-8-16)25-14-18-11-17-9-5-6-10-21(17)26(18)24(19)27/h2-10,12-14,18H,11,15H2,1H3/t18-/m0/s1. The number of rotatable bonds is 4. The highest BCUT2D eigenvalue weighted by Gasteiger charge is 2.36. The van der Waals surface area contributed by atoms with Crippen molar-refractivity contribution in [1.29, 1.82) is 0 Å². The van der Waals surface area contributed by atoms with Crippen molar-refractivity contribution in [2.75, 3.05) is 12.0 Å². The Kier molecular flexibility index (Phi) is 4.28. The molecule has 0 saturated carbocycles. The number of hydrogen-bond donors (Lipinski definition) is 0. The number of benzene rings is 3. The van der Waals surface area contributed by atoms with E-state index in [1.165, 1.54) is 0 Å². The predicted molar refractivity (Wildman–Crippen MR) is 113 cm³/mol. The molecule has 0 N–H and O–H groups in total. The maximum Gasteiger partial charge on any atom is 0.261 e. The molecule has 0 bridgehead atoms. The number of carbonyl (C=O) groups excluding carboxylic acids is 1. The first-order valence-electron chi connectivity index (χ1n) is 9.59. The molecule has 144 valence electrons. The summed E-state index contributed by atoms with van der Waals surface area (Å²) >= 11 is 0. The number of amides is 1. The normalized spacial score (nSPS) is 16.7. The van der Waals surface area contributed by atoms with Crippen molar-refractivity contribution in [2.45, 2.75) is 19.1 Å². The van der Waals surface area contributed by atoms with Crippen LogP contribution in [-0.2, 0) is 13.0 Å². The average Bonchev–Trinajstić information content (AvgIpc) is 3.08. The number of methoxy groups -OCH3 is 1. The summed E-state index contributed by atoms with van der Waals surface area (Å²) < 4.78 is 11.5. The number of para-hydroxylation sites is 1. The smallest absolute Gasteiger partial charge is 0.261 e. The molecule has 2 aliphatic heterocycles.